The smallest absolute Gasteiger partial charge is 0.0249 e. The maximum Gasteiger partial charge on any atom is 0.0249 e. The van der Waals surface area contributed by atoms with Crippen molar-refractivity contribution >= 4 is 0 Å². The van der Waals surface area contributed by atoms with E-state index < -0.39 is 0 Å². The first-order chi connectivity index (χ1) is 8.59. The van der Waals surface area contributed by atoms with Gasteiger partial charge in [0.05, 0.1) is 0 Å². The summed E-state index contributed by atoms with van der Waals surface area (Å²) < 4.78 is 0. The summed E-state index contributed by atoms with van der Waals surface area (Å²) in [6.07, 6.45) is 5.61. The molecule has 0 aromatic heterocycles. The molecule has 0 aromatic rings. The van der Waals surface area contributed by atoms with Gasteiger partial charge in [0.1, 0.15) is 0 Å². The summed E-state index contributed by atoms with van der Waals surface area (Å²) in [6, 6.07) is 1.61. The minimum atomic E-state index is 0.785. The topological polar surface area (TPSA) is 15.3 Å². The Morgan fingerprint density at radius 1 is 1.06 bits per heavy atom. The van der Waals surface area contributed by atoms with Crippen LogP contribution in [0.4, 0.5) is 0 Å². The molecular formula is C16H32N2. The van der Waals surface area contributed by atoms with E-state index in [0.29, 0.717) is 0 Å². The van der Waals surface area contributed by atoms with Crippen LogP contribution in [0, 0.1) is 17.8 Å². The highest BCUT2D eigenvalue weighted by Gasteiger charge is 2.34. The second-order valence-electron chi connectivity index (χ2n) is 7.06. The molecule has 2 heterocycles. The van der Waals surface area contributed by atoms with Crippen molar-refractivity contribution in [3.8, 4) is 0 Å². The van der Waals surface area contributed by atoms with E-state index in [1.54, 1.807) is 0 Å². The molecule has 2 heteroatoms. The second kappa shape index (κ2) is 6.38. The van der Waals surface area contributed by atoms with Crippen LogP contribution in [0.15, 0.2) is 0 Å². The Balaban J connectivity index is 1.93. The Morgan fingerprint density at radius 2 is 1.78 bits per heavy atom. The summed E-state index contributed by atoms with van der Waals surface area (Å²) in [5, 5.41) is 3.72. The lowest BCUT2D eigenvalue weighted by Crippen LogP contribution is -2.46. The van der Waals surface area contributed by atoms with E-state index >= 15 is 0 Å². The number of hydrogen-bond donors (Lipinski definition) is 1. The summed E-state index contributed by atoms with van der Waals surface area (Å²) in [5.41, 5.74) is 0. The van der Waals surface area contributed by atoms with Crippen LogP contribution in [0.1, 0.15) is 53.4 Å². The molecule has 2 fully saturated rings. The van der Waals surface area contributed by atoms with Crippen LogP contribution in [-0.4, -0.2) is 36.6 Å². The summed E-state index contributed by atoms with van der Waals surface area (Å²) in [5.74, 6) is 2.47. The normalized spacial score (nSPS) is 30.2. The van der Waals surface area contributed by atoms with E-state index in [1.165, 1.54) is 45.3 Å². The van der Waals surface area contributed by atoms with Gasteiger partial charge in [-0.1, -0.05) is 27.7 Å². The van der Waals surface area contributed by atoms with E-state index in [4.69, 9.17) is 0 Å². The van der Waals surface area contributed by atoms with E-state index in [9.17, 15) is 0 Å². The zero-order chi connectivity index (χ0) is 13.1. The first kappa shape index (κ1) is 14.3. The molecule has 0 amide bonds. The Hall–Kier alpha value is -0.0800. The van der Waals surface area contributed by atoms with Gasteiger partial charge >= 0.3 is 0 Å². The van der Waals surface area contributed by atoms with Gasteiger partial charge < -0.3 is 5.32 Å². The van der Waals surface area contributed by atoms with E-state index in [1.807, 2.05) is 0 Å². The van der Waals surface area contributed by atoms with E-state index in [0.717, 1.165) is 29.8 Å². The minimum absolute atomic E-state index is 0.785. The Kier molecular flexibility index (Phi) is 5.08. The van der Waals surface area contributed by atoms with Crippen molar-refractivity contribution in [2.45, 2.75) is 65.5 Å². The Bertz CT molecular complexity index is 235. The molecule has 2 rings (SSSR count). The molecule has 1 N–H and O–H groups in total. The molecule has 2 aliphatic heterocycles. The quantitative estimate of drug-likeness (QED) is 0.809. The van der Waals surface area contributed by atoms with Gasteiger partial charge in [-0.15, -0.1) is 0 Å². The van der Waals surface area contributed by atoms with Crippen LogP contribution in [0.25, 0.3) is 0 Å². The fraction of sp³-hybridized carbons (Fsp3) is 1.00. The molecule has 106 valence electrons. The summed E-state index contributed by atoms with van der Waals surface area (Å²) in [6.45, 7) is 13.5. The highest BCUT2D eigenvalue weighted by atomic mass is 15.2. The maximum atomic E-state index is 3.72. The lowest BCUT2D eigenvalue weighted by atomic mass is 9.85. The van der Waals surface area contributed by atoms with Crippen molar-refractivity contribution < 1.29 is 0 Å². The van der Waals surface area contributed by atoms with Crippen molar-refractivity contribution in [2.24, 2.45) is 17.8 Å². The molecule has 2 atom stereocenters. The molecular weight excluding hydrogens is 220 g/mol. The van der Waals surface area contributed by atoms with Crippen LogP contribution in [0.3, 0.4) is 0 Å². The van der Waals surface area contributed by atoms with Crippen molar-refractivity contribution in [2.75, 3.05) is 19.6 Å². The molecule has 2 unspecified atom stereocenters. The zero-order valence-electron chi connectivity index (χ0n) is 12.8. The number of nitrogens with one attached hydrogen (secondary N) is 1. The van der Waals surface area contributed by atoms with Crippen LogP contribution in [-0.2, 0) is 0 Å². The highest BCUT2D eigenvalue weighted by molar-refractivity contribution is 4.93. The number of likely N-dealkylation sites (tertiary alicyclic amines) is 1. The molecule has 0 saturated carbocycles. The van der Waals surface area contributed by atoms with E-state index in [2.05, 4.69) is 37.9 Å². The minimum Gasteiger partial charge on any atom is -0.312 e. The zero-order valence-corrected chi connectivity index (χ0v) is 12.8. The lowest BCUT2D eigenvalue weighted by molar-refractivity contribution is 0.138. The lowest BCUT2D eigenvalue weighted by Gasteiger charge is -2.35. The molecule has 2 saturated heterocycles. The summed E-state index contributed by atoms with van der Waals surface area (Å²) in [7, 11) is 0. The number of rotatable bonds is 5. The predicted molar refractivity (Wildman–Crippen MR) is 78.8 cm³/mol. The molecule has 18 heavy (non-hydrogen) atoms. The van der Waals surface area contributed by atoms with Crippen LogP contribution < -0.4 is 5.32 Å². The third-order valence-corrected chi connectivity index (χ3v) is 5.14. The highest BCUT2D eigenvalue weighted by Crippen LogP contribution is 2.29. The van der Waals surface area contributed by atoms with Gasteiger partial charge in [0.25, 0.3) is 0 Å². The molecule has 0 aromatic carbocycles. The number of nitrogens with zero attached hydrogens (tertiary/aromatic N) is 1. The third-order valence-electron chi connectivity index (χ3n) is 5.14. The third kappa shape index (κ3) is 3.27. The Morgan fingerprint density at radius 3 is 2.33 bits per heavy atom. The second-order valence-corrected chi connectivity index (χ2v) is 7.06. The molecule has 0 aliphatic carbocycles. The molecule has 2 nitrogen and oxygen atoms in total. The van der Waals surface area contributed by atoms with Gasteiger partial charge in [-0.3, -0.25) is 4.90 Å². The monoisotopic (exact) mass is 252 g/mol. The van der Waals surface area contributed by atoms with Crippen LogP contribution >= 0.6 is 0 Å². The fourth-order valence-electron chi connectivity index (χ4n) is 4.04. The largest absolute Gasteiger partial charge is 0.312 e. The van der Waals surface area contributed by atoms with Crippen molar-refractivity contribution in [1.82, 2.24) is 10.2 Å². The Labute approximate surface area is 114 Å². The van der Waals surface area contributed by atoms with Crippen molar-refractivity contribution in [1.29, 1.82) is 0 Å². The predicted octanol–water partition coefficient (Wildman–Crippen LogP) is 3.13. The van der Waals surface area contributed by atoms with E-state index in [-0.39, 0.29) is 0 Å². The average Bonchev–Trinajstić information content (AvgIpc) is 2.95. The molecule has 0 spiro atoms. The van der Waals surface area contributed by atoms with Crippen molar-refractivity contribution in [3.63, 3.8) is 0 Å². The summed E-state index contributed by atoms with van der Waals surface area (Å²) >= 11 is 0. The molecule has 0 radical (unpaired) electrons. The van der Waals surface area contributed by atoms with Gasteiger partial charge in [-0.25, -0.2) is 0 Å². The van der Waals surface area contributed by atoms with Gasteiger partial charge in [0.15, 0.2) is 0 Å². The standard InChI is InChI=1S/C16H32N2/c1-12(2)14(13(3)4)11-18-10-6-8-16(18)15-7-5-9-17-15/h12-17H,5-11H2,1-4H3. The van der Waals surface area contributed by atoms with Crippen LogP contribution in [0.5, 0.6) is 0 Å². The van der Waals surface area contributed by atoms with Gasteiger partial charge in [-0.05, 0) is 56.5 Å². The van der Waals surface area contributed by atoms with Gasteiger partial charge in [-0.2, -0.15) is 0 Å². The fourth-order valence-corrected chi connectivity index (χ4v) is 4.04. The molecule has 0 bridgehead atoms. The van der Waals surface area contributed by atoms with Gasteiger partial charge in [0.2, 0.25) is 0 Å². The first-order valence-corrected chi connectivity index (χ1v) is 8.07. The first-order valence-electron chi connectivity index (χ1n) is 8.07. The average molecular weight is 252 g/mol. The SMILES string of the molecule is CC(C)C(CN1CCCC1C1CCCN1)C(C)C. The van der Waals surface area contributed by atoms with Crippen LogP contribution in [0.2, 0.25) is 0 Å². The molecule has 2 aliphatic rings. The van der Waals surface area contributed by atoms with Gasteiger partial charge in [0, 0.05) is 18.6 Å². The van der Waals surface area contributed by atoms with Crippen molar-refractivity contribution in [3.05, 3.63) is 0 Å². The summed E-state index contributed by atoms with van der Waals surface area (Å²) in [4.78, 5) is 2.80. The maximum absolute atomic E-state index is 3.72. The number of hydrogen-bond acceptors (Lipinski definition) is 2.